The molecule has 0 radical (unpaired) electrons. The molecular weight excluding hydrogens is 408 g/mol. The Morgan fingerprint density at radius 1 is 1.00 bits per heavy atom. The van der Waals surface area contributed by atoms with Gasteiger partial charge in [-0.2, -0.15) is 0 Å². The van der Waals surface area contributed by atoms with Gasteiger partial charge in [0.05, 0.1) is 17.9 Å². The number of benzene rings is 2. The number of rotatable bonds is 10. The lowest BCUT2D eigenvalue weighted by Gasteiger charge is -2.16. The van der Waals surface area contributed by atoms with E-state index >= 15 is 0 Å². The fraction of sp³-hybridized carbons (Fsp3) is 0.286. The van der Waals surface area contributed by atoms with Crippen molar-refractivity contribution < 1.29 is 28.1 Å². The van der Waals surface area contributed by atoms with E-state index in [1.807, 2.05) is 24.3 Å². The van der Waals surface area contributed by atoms with Crippen LogP contribution in [0.1, 0.15) is 12.0 Å². The second kappa shape index (κ2) is 12.4. The number of carbonyl (C=O) groups excluding carboxylic acids is 3. The monoisotopic (exact) mass is 432 g/mol. The molecule has 2 amide bonds. The molecule has 9 heteroatoms. The first kappa shape index (κ1) is 23.1. The van der Waals surface area contributed by atoms with Gasteiger partial charge < -0.3 is 20.1 Å². The van der Waals surface area contributed by atoms with Crippen molar-refractivity contribution in [3.63, 3.8) is 0 Å². The van der Waals surface area contributed by atoms with Crippen LogP contribution >= 0.6 is 0 Å². The smallest absolute Gasteiger partial charge is 0.407 e. The van der Waals surface area contributed by atoms with Crippen LogP contribution in [0.15, 0.2) is 65.6 Å². The molecule has 2 N–H and O–H groups in total. The number of alkyl carbamates (subject to hydrolysis) is 1. The molecule has 0 saturated heterocycles. The molecule has 0 fully saturated rings. The lowest BCUT2D eigenvalue weighted by molar-refractivity contribution is -0.145. The van der Waals surface area contributed by atoms with Crippen LogP contribution in [0.5, 0.6) is 0 Å². The highest BCUT2D eigenvalue weighted by atomic mass is 32.2. The number of hydrogen-bond donors (Lipinski definition) is 2. The first-order valence-electron chi connectivity index (χ1n) is 9.24. The maximum absolute atomic E-state index is 12.3. The second-order valence-corrected chi connectivity index (χ2v) is 7.78. The maximum Gasteiger partial charge on any atom is 0.407 e. The molecule has 0 aliphatic carbocycles. The molecule has 2 aromatic carbocycles. The van der Waals surface area contributed by atoms with E-state index in [9.17, 15) is 18.6 Å². The van der Waals surface area contributed by atoms with Crippen molar-refractivity contribution in [3.8, 4) is 0 Å². The molecule has 0 spiro atoms. The van der Waals surface area contributed by atoms with Gasteiger partial charge in [0, 0.05) is 10.6 Å². The molecule has 2 aromatic rings. The maximum atomic E-state index is 12.3. The van der Waals surface area contributed by atoms with Crippen molar-refractivity contribution in [1.29, 1.82) is 0 Å². The number of hydrogen-bond acceptors (Lipinski definition) is 6. The van der Waals surface area contributed by atoms with E-state index in [0.717, 1.165) is 5.56 Å². The summed E-state index contributed by atoms with van der Waals surface area (Å²) >= 11 is 0. The van der Waals surface area contributed by atoms with Crippen LogP contribution in [0.2, 0.25) is 0 Å². The molecule has 0 aromatic heterocycles. The molecule has 0 bridgehead atoms. The highest BCUT2D eigenvalue weighted by Gasteiger charge is 2.22. The van der Waals surface area contributed by atoms with Crippen molar-refractivity contribution in [2.24, 2.45) is 0 Å². The molecule has 30 heavy (non-hydrogen) atoms. The molecule has 0 unspecified atom stereocenters. The predicted molar refractivity (Wildman–Crippen MR) is 111 cm³/mol. The van der Waals surface area contributed by atoms with Crippen LogP contribution in [0, 0.1) is 0 Å². The largest absolute Gasteiger partial charge is 0.467 e. The Bertz CT molecular complexity index is 860. The molecule has 0 aliphatic rings. The second-order valence-electron chi connectivity index (χ2n) is 6.21. The van der Waals surface area contributed by atoms with Crippen LogP contribution in [0.25, 0.3) is 0 Å². The van der Waals surface area contributed by atoms with Gasteiger partial charge in [0.25, 0.3) is 0 Å². The van der Waals surface area contributed by atoms with Crippen molar-refractivity contribution >= 4 is 28.8 Å². The minimum atomic E-state index is -1.32. The average molecular weight is 432 g/mol. The number of nitrogens with one attached hydrogen (secondary N) is 2. The summed E-state index contributed by atoms with van der Waals surface area (Å²) in [6.45, 7) is -0.298. The molecule has 0 saturated carbocycles. The van der Waals surface area contributed by atoms with Crippen LogP contribution in [-0.4, -0.2) is 47.6 Å². The van der Waals surface area contributed by atoms with E-state index < -0.39 is 34.8 Å². The summed E-state index contributed by atoms with van der Waals surface area (Å²) in [4.78, 5) is 36.4. The Morgan fingerprint density at radius 2 is 1.63 bits per heavy atom. The number of ether oxygens (including phenoxy) is 2. The quantitative estimate of drug-likeness (QED) is 0.554. The van der Waals surface area contributed by atoms with Crippen molar-refractivity contribution in [3.05, 3.63) is 66.2 Å². The van der Waals surface area contributed by atoms with Crippen LogP contribution < -0.4 is 10.6 Å². The predicted octanol–water partition coefficient (Wildman–Crippen LogP) is 1.77. The summed E-state index contributed by atoms with van der Waals surface area (Å²) in [6.07, 6.45) is -0.632. The SMILES string of the molecule is COC(=O)[C@H](CC[S@](=O)c1ccccc1)NC(=O)CNC(=O)OCc1ccccc1. The number of amides is 2. The lowest BCUT2D eigenvalue weighted by atomic mass is 10.2. The molecule has 0 aliphatic heterocycles. The van der Waals surface area contributed by atoms with Gasteiger partial charge in [-0.1, -0.05) is 48.5 Å². The van der Waals surface area contributed by atoms with Gasteiger partial charge in [-0.15, -0.1) is 0 Å². The summed E-state index contributed by atoms with van der Waals surface area (Å²) in [5.41, 5.74) is 0.814. The van der Waals surface area contributed by atoms with Crippen LogP contribution in [0.3, 0.4) is 0 Å². The van der Waals surface area contributed by atoms with E-state index in [4.69, 9.17) is 9.47 Å². The van der Waals surface area contributed by atoms with Crippen molar-refractivity contribution in [1.82, 2.24) is 10.6 Å². The fourth-order valence-electron chi connectivity index (χ4n) is 2.48. The van der Waals surface area contributed by atoms with E-state index in [2.05, 4.69) is 10.6 Å². The number of carbonyl (C=O) groups is 3. The van der Waals surface area contributed by atoms with Gasteiger partial charge in [0.1, 0.15) is 19.2 Å². The lowest BCUT2D eigenvalue weighted by Crippen LogP contribution is -2.46. The van der Waals surface area contributed by atoms with Gasteiger partial charge in [-0.25, -0.2) is 9.59 Å². The van der Waals surface area contributed by atoms with E-state index in [1.54, 1.807) is 36.4 Å². The van der Waals surface area contributed by atoms with Crippen LogP contribution in [0.4, 0.5) is 4.79 Å². The molecule has 0 heterocycles. The van der Waals surface area contributed by atoms with Gasteiger partial charge in [0.2, 0.25) is 5.91 Å². The Kier molecular flexibility index (Phi) is 9.53. The molecule has 160 valence electrons. The number of esters is 1. The summed E-state index contributed by atoms with van der Waals surface area (Å²) in [5.74, 6) is -1.08. The third-order valence-electron chi connectivity index (χ3n) is 4.02. The van der Waals surface area contributed by atoms with E-state index in [-0.39, 0.29) is 25.3 Å². The molecule has 2 rings (SSSR count). The van der Waals surface area contributed by atoms with Crippen molar-refractivity contribution in [2.75, 3.05) is 19.4 Å². The zero-order chi connectivity index (χ0) is 21.8. The Balaban J connectivity index is 1.77. The van der Waals surface area contributed by atoms with Gasteiger partial charge in [-0.05, 0) is 24.1 Å². The highest BCUT2D eigenvalue weighted by Crippen LogP contribution is 2.08. The minimum absolute atomic E-state index is 0.0738. The summed E-state index contributed by atoms with van der Waals surface area (Å²) < 4.78 is 22.0. The van der Waals surface area contributed by atoms with E-state index in [1.165, 1.54) is 7.11 Å². The fourth-order valence-corrected chi connectivity index (χ4v) is 3.62. The molecule has 2 atom stereocenters. The Labute approximate surface area is 177 Å². The average Bonchev–Trinajstić information content (AvgIpc) is 2.79. The van der Waals surface area contributed by atoms with Crippen LogP contribution in [-0.2, 0) is 36.5 Å². The van der Waals surface area contributed by atoms with Crippen molar-refractivity contribution in [2.45, 2.75) is 24.0 Å². The number of methoxy groups -OCH3 is 1. The topological polar surface area (TPSA) is 111 Å². The van der Waals surface area contributed by atoms with Gasteiger partial charge in [-0.3, -0.25) is 9.00 Å². The zero-order valence-electron chi connectivity index (χ0n) is 16.5. The Morgan fingerprint density at radius 3 is 2.27 bits per heavy atom. The van der Waals surface area contributed by atoms with Gasteiger partial charge in [0.15, 0.2) is 0 Å². The van der Waals surface area contributed by atoms with Gasteiger partial charge >= 0.3 is 12.1 Å². The Hall–Kier alpha value is -3.20. The summed E-state index contributed by atoms with van der Waals surface area (Å²) in [5, 5.41) is 4.81. The zero-order valence-corrected chi connectivity index (χ0v) is 17.4. The third-order valence-corrected chi connectivity index (χ3v) is 5.43. The highest BCUT2D eigenvalue weighted by molar-refractivity contribution is 7.85. The minimum Gasteiger partial charge on any atom is -0.467 e. The summed E-state index contributed by atoms with van der Waals surface area (Å²) in [7, 11) is -0.115. The van der Waals surface area contributed by atoms with E-state index in [0.29, 0.717) is 4.90 Å². The normalized spacial score (nSPS) is 12.3. The first-order valence-corrected chi connectivity index (χ1v) is 10.6. The third kappa shape index (κ3) is 8.04. The first-order chi connectivity index (χ1) is 14.5. The molecular formula is C21H24N2O6S. The molecule has 8 nitrogen and oxygen atoms in total. The summed E-state index contributed by atoms with van der Waals surface area (Å²) in [6, 6.07) is 16.9. The standard InChI is InChI=1S/C21H24N2O6S/c1-28-20(25)18(12-13-30(27)17-10-6-3-7-11-17)23-19(24)14-22-21(26)29-15-16-8-4-2-5-9-16/h2-11,18H,12-15H2,1H3,(H,22,26)(H,23,24)/t18-,30-/m0/s1.